The molecule has 0 radical (unpaired) electrons. The van der Waals surface area contributed by atoms with Gasteiger partial charge in [-0.2, -0.15) is 0 Å². The Labute approximate surface area is 136 Å². The summed E-state index contributed by atoms with van der Waals surface area (Å²) >= 11 is 5.57. The van der Waals surface area contributed by atoms with Gasteiger partial charge in [-0.05, 0) is 13.0 Å². The summed E-state index contributed by atoms with van der Waals surface area (Å²) in [4.78, 5) is 7.23. The minimum atomic E-state index is -1.81. The molecule has 0 aliphatic carbocycles. The molecule has 0 bridgehead atoms. The maximum atomic E-state index is 13.9. The van der Waals surface area contributed by atoms with Gasteiger partial charge in [0.1, 0.15) is 18.0 Å². The fraction of sp³-hybridized carbons (Fsp3) is 0.286. The van der Waals surface area contributed by atoms with Crippen LogP contribution >= 0.6 is 24.0 Å². The van der Waals surface area contributed by atoms with Crippen LogP contribution in [-0.4, -0.2) is 15.1 Å². The molecule has 22 heavy (non-hydrogen) atoms. The second-order valence-electron chi connectivity index (χ2n) is 4.86. The average molecular weight is 353 g/mol. The lowest BCUT2D eigenvalue weighted by Crippen LogP contribution is -2.31. The van der Waals surface area contributed by atoms with E-state index in [-0.39, 0.29) is 28.8 Å². The molecule has 0 saturated carbocycles. The molecule has 1 aromatic carbocycles. The van der Waals surface area contributed by atoms with Crippen molar-refractivity contribution in [2.45, 2.75) is 25.4 Å². The van der Waals surface area contributed by atoms with E-state index in [0.717, 1.165) is 18.5 Å². The normalized spacial score (nSPS) is 14.9. The number of hydrogen-bond donors (Lipinski definition) is 1. The number of halogens is 5. The molecule has 0 aliphatic rings. The Bertz CT molecular complexity index is 683. The van der Waals surface area contributed by atoms with Gasteiger partial charge in [-0.15, -0.1) is 12.4 Å². The van der Waals surface area contributed by atoms with E-state index in [2.05, 4.69) is 9.97 Å². The fourth-order valence-corrected chi connectivity index (χ4v) is 2.20. The van der Waals surface area contributed by atoms with Crippen molar-refractivity contribution >= 4 is 24.0 Å². The van der Waals surface area contributed by atoms with Gasteiger partial charge >= 0.3 is 0 Å². The molecular formula is C14H13Cl2F3N2O. The van der Waals surface area contributed by atoms with Crippen LogP contribution in [0.25, 0.3) is 0 Å². The van der Waals surface area contributed by atoms with Crippen LogP contribution in [0.5, 0.6) is 0 Å². The van der Waals surface area contributed by atoms with Crippen molar-refractivity contribution in [1.29, 1.82) is 0 Å². The maximum Gasteiger partial charge on any atom is 0.182 e. The third kappa shape index (κ3) is 3.34. The summed E-state index contributed by atoms with van der Waals surface area (Å²) in [5.74, 6) is -3.50. The number of rotatable bonds is 3. The molecule has 2 atom stereocenters. The van der Waals surface area contributed by atoms with Crippen molar-refractivity contribution in [3.8, 4) is 0 Å². The van der Waals surface area contributed by atoms with Crippen LogP contribution in [0.1, 0.15) is 31.0 Å². The average Bonchev–Trinajstić information content (AvgIpc) is 2.40. The zero-order valence-electron chi connectivity index (χ0n) is 11.6. The van der Waals surface area contributed by atoms with Gasteiger partial charge in [-0.3, -0.25) is 0 Å². The lowest BCUT2D eigenvalue weighted by molar-refractivity contribution is 0.0262. The van der Waals surface area contributed by atoms with Crippen LogP contribution in [0.4, 0.5) is 13.2 Å². The third-order valence-electron chi connectivity index (χ3n) is 3.50. The Morgan fingerprint density at radius 2 is 1.86 bits per heavy atom. The highest BCUT2D eigenvalue weighted by atomic mass is 35.5. The molecule has 0 amide bonds. The van der Waals surface area contributed by atoms with Crippen molar-refractivity contribution in [2.24, 2.45) is 0 Å². The highest BCUT2D eigenvalue weighted by Crippen LogP contribution is 2.38. The molecule has 0 spiro atoms. The minimum absolute atomic E-state index is 0. The van der Waals surface area contributed by atoms with Gasteiger partial charge in [-0.1, -0.05) is 24.6 Å². The van der Waals surface area contributed by atoms with Gasteiger partial charge in [0.05, 0.1) is 11.3 Å². The van der Waals surface area contributed by atoms with Crippen molar-refractivity contribution < 1.29 is 18.3 Å². The minimum Gasteiger partial charge on any atom is -0.385 e. The van der Waals surface area contributed by atoms with Crippen molar-refractivity contribution in [3.63, 3.8) is 0 Å². The van der Waals surface area contributed by atoms with Crippen LogP contribution in [0.3, 0.4) is 0 Å². The second kappa shape index (κ2) is 6.81. The predicted molar refractivity (Wildman–Crippen MR) is 78.6 cm³/mol. The molecule has 2 rings (SSSR count). The number of benzene rings is 1. The van der Waals surface area contributed by atoms with Gasteiger partial charge in [0, 0.05) is 17.5 Å². The topological polar surface area (TPSA) is 46.0 Å². The van der Waals surface area contributed by atoms with Gasteiger partial charge in [0.2, 0.25) is 0 Å². The van der Waals surface area contributed by atoms with Gasteiger partial charge in [-0.25, -0.2) is 23.1 Å². The van der Waals surface area contributed by atoms with Gasteiger partial charge in [0.25, 0.3) is 0 Å². The first-order valence-corrected chi connectivity index (χ1v) is 6.46. The van der Waals surface area contributed by atoms with Crippen LogP contribution in [0, 0.1) is 17.5 Å². The largest absolute Gasteiger partial charge is 0.385 e. The Balaban J connectivity index is 0.00000242. The first kappa shape index (κ1) is 18.7. The molecule has 2 aromatic rings. The lowest BCUT2D eigenvalue weighted by Gasteiger charge is -2.31. The van der Waals surface area contributed by atoms with E-state index in [1.54, 1.807) is 0 Å². The summed E-state index contributed by atoms with van der Waals surface area (Å²) in [6.07, 6.45) is 1.05. The zero-order valence-corrected chi connectivity index (χ0v) is 13.2. The van der Waals surface area contributed by atoms with E-state index < -0.39 is 29.0 Å². The monoisotopic (exact) mass is 352 g/mol. The fourth-order valence-electron chi connectivity index (χ4n) is 2.06. The first-order chi connectivity index (χ1) is 9.75. The molecule has 8 heteroatoms. The highest BCUT2D eigenvalue weighted by Gasteiger charge is 2.37. The summed E-state index contributed by atoms with van der Waals surface area (Å²) in [6.45, 7) is 2.76. The predicted octanol–water partition coefficient (Wildman–Crippen LogP) is 3.98. The van der Waals surface area contributed by atoms with E-state index in [1.165, 1.54) is 13.8 Å². The number of hydrogen-bond acceptors (Lipinski definition) is 3. The smallest absolute Gasteiger partial charge is 0.182 e. The summed E-state index contributed by atoms with van der Waals surface area (Å²) in [7, 11) is 0. The molecule has 3 nitrogen and oxygen atoms in total. The molecule has 1 aromatic heterocycles. The Kier molecular flexibility index (Phi) is 5.78. The van der Waals surface area contributed by atoms with E-state index >= 15 is 0 Å². The van der Waals surface area contributed by atoms with Crippen molar-refractivity contribution in [1.82, 2.24) is 9.97 Å². The van der Waals surface area contributed by atoms with E-state index in [4.69, 9.17) is 11.6 Å². The summed E-state index contributed by atoms with van der Waals surface area (Å²) in [5.41, 5.74) is -2.12. The molecule has 1 N–H and O–H groups in total. The third-order valence-corrected chi connectivity index (χ3v) is 3.77. The molecule has 120 valence electrons. The van der Waals surface area contributed by atoms with Crippen LogP contribution in [-0.2, 0) is 5.60 Å². The number of nitrogens with zero attached hydrogens (tertiary/aromatic N) is 2. The Hall–Kier alpha value is -1.37. The second-order valence-corrected chi connectivity index (χ2v) is 5.22. The Morgan fingerprint density at radius 3 is 2.45 bits per heavy atom. The van der Waals surface area contributed by atoms with Gasteiger partial charge < -0.3 is 5.11 Å². The number of aromatic nitrogens is 2. The lowest BCUT2D eigenvalue weighted by atomic mass is 9.81. The summed E-state index contributed by atoms with van der Waals surface area (Å²) < 4.78 is 40.7. The quantitative estimate of drug-likeness (QED) is 0.849. The van der Waals surface area contributed by atoms with Crippen LogP contribution in [0.2, 0.25) is 5.15 Å². The van der Waals surface area contributed by atoms with E-state index in [9.17, 15) is 18.3 Å². The highest BCUT2D eigenvalue weighted by molar-refractivity contribution is 6.29. The maximum absolute atomic E-state index is 13.9. The van der Waals surface area contributed by atoms with Crippen LogP contribution < -0.4 is 0 Å². The Morgan fingerprint density at radius 1 is 1.23 bits per heavy atom. The van der Waals surface area contributed by atoms with Crippen molar-refractivity contribution in [3.05, 3.63) is 58.4 Å². The molecule has 0 fully saturated rings. The zero-order chi connectivity index (χ0) is 15.8. The van der Waals surface area contributed by atoms with Crippen molar-refractivity contribution in [2.75, 3.05) is 0 Å². The molecule has 1 heterocycles. The molecule has 0 aliphatic heterocycles. The first-order valence-electron chi connectivity index (χ1n) is 6.09. The van der Waals surface area contributed by atoms with E-state index in [0.29, 0.717) is 6.07 Å². The number of aliphatic hydroxyl groups is 1. The molecule has 0 saturated heterocycles. The van der Waals surface area contributed by atoms with Crippen LogP contribution in [0.15, 0.2) is 24.5 Å². The van der Waals surface area contributed by atoms with Gasteiger partial charge in [0.15, 0.2) is 11.0 Å². The standard InChI is InChI=1S/C14H12ClF3N2O.ClH/c1-7(12-11(18)13(15)20-6-19-12)14(2,21)9-4-3-8(16)5-10(9)17;/h3-7,21H,1-2H3;1H/t7-,14+;/m1./s1. The SMILES string of the molecule is C[C@H](c1ncnc(Cl)c1F)[C@](C)(O)c1ccc(F)cc1F.Cl. The van der Waals surface area contributed by atoms with E-state index in [1.807, 2.05) is 0 Å². The summed E-state index contributed by atoms with van der Waals surface area (Å²) in [6, 6.07) is 2.78. The molecular weight excluding hydrogens is 340 g/mol. The summed E-state index contributed by atoms with van der Waals surface area (Å²) in [5, 5.41) is 10.2. The molecule has 0 unspecified atom stereocenters.